The van der Waals surface area contributed by atoms with Gasteiger partial charge in [0.15, 0.2) is 5.69 Å². The molecular weight excluding hydrogens is 613 g/mol. The summed E-state index contributed by atoms with van der Waals surface area (Å²) in [5.41, 5.74) is -4.44. The number of carbonyl (C=O) groups excluding carboxylic acids is 1. The number of nitrogens with one attached hydrogen (secondary N) is 1. The molecule has 1 heterocycles. The number of carbonyl (C=O) groups is 1. The maximum Gasteiger partial charge on any atom is 0.397 e. The number of benzene rings is 1. The summed E-state index contributed by atoms with van der Waals surface area (Å²) >= 11 is 6.50. The molecule has 2 aliphatic carbocycles. The second-order valence-corrected chi connectivity index (χ2v) is 13.7. The summed E-state index contributed by atoms with van der Waals surface area (Å²) in [6.07, 6.45) is -5.50. The van der Waals surface area contributed by atoms with Crippen molar-refractivity contribution in [1.29, 1.82) is 0 Å². The Morgan fingerprint density at radius 3 is 2.36 bits per heavy atom. The summed E-state index contributed by atoms with van der Waals surface area (Å²) in [4.78, 5) is 13.0. The van der Waals surface area contributed by atoms with Crippen LogP contribution in [0.3, 0.4) is 0 Å². The first-order chi connectivity index (χ1) is 19.4. The standard InChI is InChI=1S/C26H31ClF5N3O6S/c1-3-35-20(16-5-4-14(12-17(16)41-23(28)29)21(36)25(10-11-25)26(30,31)32)18(27)19(34-35)22(37)33-13-24(38)8-6-15(7-9-24)42(2,39)40/h4-5,12,15,21,23,36,38H,3,6-11,13H2,1-2H3,(H,33,37)/t15?,21-,24?/m1/s1. The van der Waals surface area contributed by atoms with Gasteiger partial charge in [-0.1, -0.05) is 17.7 Å². The van der Waals surface area contributed by atoms with Crippen molar-refractivity contribution >= 4 is 27.3 Å². The van der Waals surface area contributed by atoms with E-state index in [1.165, 1.54) is 10.7 Å². The van der Waals surface area contributed by atoms with Crippen LogP contribution in [-0.2, 0) is 16.4 Å². The van der Waals surface area contributed by atoms with E-state index in [9.17, 15) is 45.4 Å². The Morgan fingerprint density at radius 2 is 1.86 bits per heavy atom. The van der Waals surface area contributed by atoms with Gasteiger partial charge in [0.25, 0.3) is 5.91 Å². The quantitative estimate of drug-likeness (QED) is 0.321. The van der Waals surface area contributed by atoms with Gasteiger partial charge in [-0.05, 0) is 63.1 Å². The number of ether oxygens (including phenoxy) is 1. The van der Waals surface area contributed by atoms with Gasteiger partial charge in [-0.2, -0.15) is 27.1 Å². The first-order valence-corrected chi connectivity index (χ1v) is 15.6. The van der Waals surface area contributed by atoms with Gasteiger partial charge in [-0.25, -0.2) is 8.42 Å². The first kappa shape index (κ1) is 32.4. The Kier molecular flexibility index (Phi) is 8.91. The molecule has 2 aromatic rings. The lowest BCUT2D eigenvalue weighted by molar-refractivity contribution is -0.215. The Labute approximate surface area is 243 Å². The van der Waals surface area contributed by atoms with Crippen molar-refractivity contribution in [3.8, 4) is 17.0 Å². The molecule has 16 heteroatoms. The largest absolute Gasteiger partial charge is 0.434 e. The Morgan fingerprint density at radius 1 is 1.24 bits per heavy atom. The van der Waals surface area contributed by atoms with E-state index in [1.54, 1.807) is 6.92 Å². The van der Waals surface area contributed by atoms with E-state index in [-0.39, 0.29) is 79.2 Å². The zero-order valence-electron chi connectivity index (χ0n) is 22.7. The van der Waals surface area contributed by atoms with Crippen LogP contribution in [0.4, 0.5) is 22.0 Å². The minimum Gasteiger partial charge on any atom is -0.434 e. The van der Waals surface area contributed by atoms with Crippen LogP contribution in [0.5, 0.6) is 5.75 Å². The van der Waals surface area contributed by atoms with Crippen LogP contribution in [0, 0.1) is 5.41 Å². The number of amides is 1. The van der Waals surface area contributed by atoms with Gasteiger partial charge in [-0.3, -0.25) is 9.48 Å². The van der Waals surface area contributed by atoms with Gasteiger partial charge in [-0.15, -0.1) is 0 Å². The van der Waals surface area contributed by atoms with Crippen molar-refractivity contribution in [3.63, 3.8) is 0 Å². The molecule has 0 aliphatic heterocycles. The zero-order valence-corrected chi connectivity index (χ0v) is 24.3. The van der Waals surface area contributed by atoms with Crippen molar-refractivity contribution in [2.24, 2.45) is 5.41 Å². The van der Waals surface area contributed by atoms with Gasteiger partial charge < -0.3 is 20.3 Å². The number of aliphatic hydroxyl groups excluding tert-OH is 1. The fraction of sp³-hybridized carbons (Fsp3) is 0.615. The Balaban J connectivity index is 1.60. The van der Waals surface area contributed by atoms with Gasteiger partial charge in [0, 0.05) is 24.9 Å². The number of rotatable bonds is 10. The van der Waals surface area contributed by atoms with Gasteiger partial charge in [0.2, 0.25) is 0 Å². The average Bonchev–Trinajstić information content (AvgIpc) is 3.65. The van der Waals surface area contributed by atoms with Gasteiger partial charge in [0.05, 0.1) is 33.1 Å². The van der Waals surface area contributed by atoms with Gasteiger partial charge in [0.1, 0.15) is 15.6 Å². The summed E-state index contributed by atoms with van der Waals surface area (Å²) in [7, 11) is -3.27. The molecule has 0 unspecified atom stereocenters. The predicted molar refractivity (Wildman–Crippen MR) is 142 cm³/mol. The highest BCUT2D eigenvalue weighted by Crippen LogP contribution is 2.64. The molecule has 42 heavy (non-hydrogen) atoms. The summed E-state index contributed by atoms with van der Waals surface area (Å²) in [5.74, 6) is -1.36. The molecule has 1 aromatic heterocycles. The molecule has 0 spiro atoms. The molecule has 0 saturated heterocycles. The lowest BCUT2D eigenvalue weighted by atomic mass is 9.84. The molecule has 0 bridgehead atoms. The number of nitrogens with zero attached hydrogens (tertiary/aromatic N) is 2. The van der Waals surface area contributed by atoms with E-state index in [1.807, 2.05) is 0 Å². The van der Waals surface area contributed by atoms with Crippen LogP contribution in [0.2, 0.25) is 5.02 Å². The fourth-order valence-corrected chi connectivity index (χ4v) is 6.81. The minimum absolute atomic E-state index is 0.0228. The molecular formula is C26H31ClF5N3O6S. The molecule has 4 rings (SSSR count). The fourth-order valence-electron chi connectivity index (χ4n) is 5.40. The van der Waals surface area contributed by atoms with Crippen LogP contribution in [0.1, 0.15) is 67.6 Å². The summed E-state index contributed by atoms with van der Waals surface area (Å²) < 4.78 is 96.9. The van der Waals surface area contributed by atoms with Crippen LogP contribution in [0.25, 0.3) is 11.3 Å². The van der Waals surface area contributed by atoms with Crippen molar-refractivity contribution in [1.82, 2.24) is 15.1 Å². The maximum atomic E-state index is 13.6. The molecule has 2 aliphatic rings. The SMILES string of the molecule is CCn1nc(C(=O)NCC2(O)CCC(S(C)(=O)=O)CC2)c(Cl)c1-c1ccc([C@@H](O)C2(C(F)(F)F)CC2)cc1OC(F)F. The lowest BCUT2D eigenvalue weighted by Gasteiger charge is -2.35. The number of aryl methyl sites for hydroxylation is 1. The lowest BCUT2D eigenvalue weighted by Crippen LogP contribution is -2.47. The van der Waals surface area contributed by atoms with Crippen LogP contribution in [0.15, 0.2) is 18.2 Å². The molecule has 1 atom stereocenters. The number of alkyl halides is 5. The molecule has 1 amide bonds. The monoisotopic (exact) mass is 643 g/mol. The molecule has 3 N–H and O–H groups in total. The van der Waals surface area contributed by atoms with Gasteiger partial charge >= 0.3 is 12.8 Å². The number of hydrogen-bond donors (Lipinski definition) is 3. The summed E-state index contributed by atoms with van der Waals surface area (Å²) in [6.45, 7) is -1.86. The summed E-state index contributed by atoms with van der Waals surface area (Å²) in [6, 6.07) is 3.21. The second kappa shape index (κ2) is 11.5. The molecule has 2 saturated carbocycles. The average molecular weight is 644 g/mol. The van der Waals surface area contributed by atoms with Crippen LogP contribution < -0.4 is 10.1 Å². The van der Waals surface area contributed by atoms with Crippen molar-refractivity contribution in [3.05, 3.63) is 34.5 Å². The highest BCUT2D eigenvalue weighted by Gasteiger charge is 2.67. The van der Waals surface area contributed by atoms with E-state index in [0.29, 0.717) is 0 Å². The highest BCUT2D eigenvalue weighted by atomic mass is 35.5. The number of sulfone groups is 1. The third kappa shape index (κ3) is 6.38. The maximum absolute atomic E-state index is 13.6. The van der Waals surface area contributed by atoms with Crippen molar-refractivity contribution < 1.29 is 50.1 Å². The van der Waals surface area contributed by atoms with Crippen molar-refractivity contribution in [2.75, 3.05) is 12.8 Å². The highest BCUT2D eigenvalue weighted by molar-refractivity contribution is 7.91. The molecule has 1 aromatic carbocycles. The molecule has 9 nitrogen and oxygen atoms in total. The Hall–Kier alpha value is -2.49. The van der Waals surface area contributed by atoms with E-state index in [2.05, 4.69) is 15.2 Å². The third-order valence-electron chi connectivity index (χ3n) is 8.13. The second-order valence-electron chi connectivity index (χ2n) is 11.0. The Bertz CT molecular complexity index is 1440. The minimum atomic E-state index is -4.71. The molecule has 2 fully saturated rings. The number of aromatic nitrogens is 2. The topological polar surface area (TPSA) is 131 Å². The molecule has 0 radical (unpaired) electrons. The van der Waals surface area contributed by atoms with Crippen LogP contribution >= 0.6 is 11.6 Å². The number of aliphatic hydroxyl groups is 2. The van der Waals surface area contributed by atoms with Crippen molar-refractivity contribution in [2.45, 2.75) is 81.7 Å². The van der Waals surface area contributed by atoms with E-state index >= 15 is 0 Å². The van der Waals surface area contributed by atoms with E-state index < -0.39 is 56.7 Å². The third-order valence-corrected chi connectivity index (χ3v) is 10.2. The van der Waals surface area contributed by atoms with Crippen LogP contribution in [-0.4, -0.2) is 70.8 Å². The van der Waals surface area contributed by atoms with E-state index in [4.69, 9.17) is 11.6 Å². The smallest absolute Gasteiger partial charge is 0.397 e. The zero-order chi connectivity index (χ0) is 31.3. The normalized spacial score (nSPS) is 23.1. The predicted octanol–water partition coefficient (Wildman–Crippen LogP) is 4.65. The van der Waals surface area contributed by atoms with E-state index in [0.717, 1.165) is 18.4 Å². The summed E-state index contributed by atoms with van der Waals surface area (Å²) in [5, 5.41) is 27.3. The number of hydrogen-bond acceptors (Lipinski definition) is 7. The number of halogens is 6. The first-order valence-electron chi connectivity index (χ1n) is 13.2. The molecule has 234 valence electrons.